The van der Waals surface area contributed by atoms with Crippen LogP contribution in [0.2, 0.25) is 0 Å². The second-order valence-electron chi connectivity index (χ2n) is 5.66. The lowest BCUT2D eigenvalue weighted by atomic mass is 10.0. The Kier molecular flexibility index (Phi) is 6.11. The van der Waals surface area contributed by atoms with Crippen LogP contribution in [0.1, 0.15) is 26.3 Å². The lowest BCUT2D eigenvalue weighted by Crippen LogP contribution is -2.11. The van der Waals surface area contributed by atoms with Crippen LogP contribution in [0, 0.1) is 11.8 Å². The lowest BCUT2D eigenvalue weighted by molar-refractivity contribution is 0.162. The summed E-state index contributed by atoms with van der Waals surface area (Å²) in [6.07, 6.45) is 1.17. The topological polar surface area (TPSA) is 26.3 Å². The van der Waals surface area contributed by atoms with Crippen molar-refractivity contribution in [3.8, 4) is 0 Å². The number of hydrogen-bond acceptors (Lipinski definition) is 2. The molecular formula is C15H25O2P. The number of hydrogen-bond donors (Lipinski definition) is 0. The van der Waals surface area contributed by atoms with Crippen LogP contribution in [0.3, 0.4) is 0 Å². The molecular weight excluding hydrogens is 243 g/mol. The van der Waals surface area contributed by atoms with Crippen molar-refractivity contribution in [2.24, 2.45) is 11.8 Å². The first-order chi connectivity index (χ1) is 8.41. The average molecular weight is 268 g/mol. The van der Waals surface area contributed by atoms with Crippen LogP contribution in [0.15, 0.2) is 30.3 Å². The summed E-state index contributed by atoms with van der Waals surface area (Å²) in [5.74, 6) is 1.06. The fourth-order valence-corrected chi connectivity index (χ4v) is 4.03. The Morgan fingerprint density at radius 3 is 2.33 bits per heavy atom. The monoisotopic (exact) mass is 268 g/mol. The Morgan fingerprint density at radius 2 is 1.78 bits per heavy atom. The maximum absolute atomic E-state index is 12.4. The van der Waals surface area contributed by atoms with Crippen molar-refractivity contribution in [2.75, 3.05) is 19.2 Å². The van der Waals surface area contributed by atoms with Gasteiger partial charge in [-0.2, -0.15) is 0 Å². The van der Waals surface area contributed by atoms with Crippen LogP contribution >= 0.6 is 7.14 Å². The molecule has 0 fully saturated rings. The maximum atomic E-state index is 12.4. The summed E-state index contributed by atoms with van der Waals surface area (Å²) in [5, 5.41) is 0. The highest BCUT2D eigenvalue weighted by Crippen LogP contribution is 2.44. The van der Waals surface area contributed by atoms with Crippen LogP contribution in [0.4, 0.5) is 0 Å². The van der Waals surface area contributed by atoms with Crippen LogP contribution in [0.5, 0.6) is 0 Å². The van der Waals surface area contributed by atoms with Crippen molar-refractivity contribution in [2.45, 2.75) is 27.4 Å². The Balaban J connectivity index is 2.36. The summed E-state index contributed by atoms with van der Waals surface area (Å²) in [7, 11) is -2.16. The molecule has 0 N–H and O–H groups in total. The number of rotatable bonds is 7. The predicted octanol–water partition coefficient (Wildman–Crippen LogP) is 4.45. The van der Waals surface area contributed by atoms with E-state index in [1.165, 1.54) is 0 Å². The lowest BCUT2D eigenvalue weighted by Gasteiger charge is -2.21. The molecule has 0 saturated heterocycles. The zero-order chi connectivity index (χ0) is 13.6. The first-order valence-corrected chi connectivity index (χ1v) is 9.10. The van der Waals surface area contributed by atoms with Crippen LogP contribution in [-0.2, 0) is 15.9 Å². The van der Waals surface area contributed by atoms with Gasteiger partial charge in [0.15, 0.2) is 0 Å². The summed E-state index contributed by atoms with van der Waals surface area (Å²) >= 11 is 0. The van der Waals surface area contributed by atoms with Crippen molar-refractivity contribution in [1.29, 1.82) is 0 Å². The molecule has 0 amide bonds. The predicted molar refractivity (Wildman–Crippen MR) is 78.5 cm³/mol. The molecule has 0 unspecified atom stereocenters. The van der Waals surface area contributed by atoms with E-state index in [1.807, 2.05) is 37.0 Å². The molecule has 0 aliphatic heterocycles. The summed E-state index contributed by atoms with van der Waals surface area (Å²) in [5.41, 5.74) is 1.13. The minimum absolute atomic E-state index is 0.388. The molecule has 3 heteroatoms. The van der Waals surface area contributed by atoms with Crippen molar-refractivity contribution >= 4 is 7.14 Å². The molecule has 0 heterocycles. The number of ether oxygens (including phenoxy) is 1. The molecule has 0 saturated carbocycles. The largest absolute Gasteiger partial charge is 0.369 e. The van der Waals surface area contributed by atoms with Gasteiger partial charge in [0, 0.05) is 6.16 Å². The molecule has 0 aliphatic carbocycles. The van der Waals surface area contributed by atoms with E-state index in [2.05, 4.69) is 20.8 Å². The molecule has 2 nitrogen and oxygen atoms in total. The molecule has 0 aliphatic rings. The molecule has 0 spiro atoms. The summed E-state index contributed by atoms with van der Waals surface area (Å²) < 4.78 is 18.0. The second kappa shape index (κ2) is 7.11. The minimum Gasteiger partial charge on any atom is -0.369 e. The van der Waals surface area contributed by atoms with Gasteiger partial charge in [0.05, 0.1) is 13.0 Å². The first kappa shape index (κ1) is 15.5. The Bertz CT molecular complexity index is 387. The average Bonchev–Trinajstić information content (AvgIpc) is 2.29. The highest BCUT2D eigenvalue weighted by Gasteiger charge is 2.21. The Morgan fingerprint density at radius 1 is 1.17 bits per heavy atom. The zero-order valence-corrected chi connectivity index (χ0v) is 12.8. The van der Waals surface area contributed by atoms with Gasteiger partial charge in [-0.1, -0.05) is 51.1 Å². The molecule has 1 aromatic rings. The highest BCUT2D eigenvalue weighted by atomic mass is 31.2. The van der Waals surface area contributed by atoms with Crippen LogP contribution in [-0.4, -0.2) is 19.2 Å². The van der Waals surface area contributed by atoms with Gasteiger partial charge in [0.1, 0.15) is 7.14 Å². The van der Waals surface area contributed by atoms with Gasteiger partial charge in [-0.3, -0.25) is 0 Å². The molecule has 0 aromatic heterocycles. The van der Waals surface area contributed by atoms with Gasteiger partial charge in [0.2, 0.25) is 0 Å². The van der Waals surface area contributed by atoms with E-state index in [0.29, 0.717) is 24.8 Å². The molecule has 18 heavy (non-hydrogen) atoms. The van der Waals surface area contributed by atoms with E-state index >= 15 is 0 Å². The fraction of sp³-hybridized carbons (Fsp3) is 0.600. The van der Waals surface area contributed by atoms with E-state index in [-0.39, 0.29) is 0 Å². The Labute approximate surface area is 111 Å². The van der Waals surface area contributed by atoms with E-state index in [4.69, 9.17) is 4.74 Å². The summed E-state index contributed by atoms with van der Waals surface area (Å²) in [6, 6.07) is 10.0. The third-order valence-electron chi connectivity index (χ3n) is 3.29. The van der Waals surface area contributed by atoms with Gasteiger partial charge in [-0.25, -0.2) is 0 Å². The van der Waals surface area contributed by atoms with Crippen LogP contribution < -0.4 is 0 Å². The van der Waals surface area contributed by atoms with Crippen molar-refractivity contribution in [1.82, 2.24) is 0 Å². The smallest absolute Gasteiger partial charge is 0.109 e. The van der Waals surface area contributed by atoms with E-state index in [0.717, 1.165) is 11.7 Å². The maximum Gasteiger partial charge on any atom is 0.109 e. The third kappa shape index (κ3) is 5.84. The van der Waals surface area contributed by atoms with E-state index in [1.54, 1.807) is 0 Å². The van der Waals surface area contributed by atoms with Crippen LogP contribution in [0.25, 0.3) is 0 Å². The van der Waals surface area contributed by atoms with Crippen molar-refractivity contribution < 1.29 is 9.30 Å². The van der Waals surface area contributed by atoms with Crippen molar-refractivity contribution in [3.63, 3.8) is 0 Å². The van der Waals surface area contributed by atoms with Gasteiger partial charge < -0.3 is 9.30 Å². The normalized spacial score (nSPS) is 16.5. The van der Waals surface area contributed by atoms with Gasteiger partial charge in [-0.15, -0.1) is 0 Å². The molecule has 0 radical (unpaired) electrons. The standard InChI is InChI=1S/C15H25O2P/c1-13(2)14(3)11-18(4,16)12-17-10-15-8-6-5-7-9-15/h5-9,13-14H,10-12H2,1-4H3/t14-,18-/m1/s1. The third-order valence-corrected chi connectivity index (χ3v) is 5.37. The fourth-order valence-electron chi connectivity index (χ4n) is 1.80. The SMILES string of the molecule is CC(C)[C@H](C)C[P@@](C)(=O)COCc1ccccc1. The quantitative estimate of drug-likeness (QED) is 0.683. The molecule has 2 atom stereocenters. The minimum atomic E-state index is -2.16. The van der Waals surface area contributed by atoms with E-state index in [9.17, 15) is 4.57 Å². The second-order valence-corrected chi connectivity index (χ2v) is 8.88. The van der Waals surface area contributed by atoms with Gasteiger partial charge >= 0.3 is 0 Å². The molecule has 1 aromatic carbocycles. The first-order valence-electron chi connectivity index (χ1n) is 6.58. The van der Waals surface area contributed by atoms with Crippen molar-refractivity contribution in [3.05, 3.63) is 35.9 Å². The molecule has 1 rings (SSSR count). The van der Waals surface area contributed by atoms with E-state index < -0.39 is 7.14 Å². The van der Waals surface area contributed by atoms with Gasteiger partial charge in [-0.05, 0) is 24.1 Å². The number of benzene rings is 1. The zero-order valence-electron chi connectivity index (χ0n) is 11.9. The Hall–Kier alpha value is -0.590. The summed E-state index contributed by atoms with van der Waals surface area (Å²) in [4.78, 5) is 0. The molecule has 102 valence electrons. The highest BCUT2D eigenvalue weighted by molar-refractivity contribution is 7.62. The molecule has 0 bridgehead atoms. The summed E-state index contributed by atoms with van der Waals surface area (Å²) in [6.45, 7) is 8.93. The van der Waals surface area contributed by atoms with Gasteiger partial charge in [0.25, 0.3) is 0 Å².